The SMILES string of the molecule is NC(=O)c1cccc(-c2ccc(CN[C@@H]3Cc4ccc(F)cc4C3)c(F)c2)c1. The van der Waals surface area contributed by atoms with Crippen molar-refractivity contribution in [2.24, 2.45) is 5.73 Å². The molecule has 0 aliphatic heterocycles. The van der Waals surface area contributed by atoms with Crippen molar-refractivity contribution in [3.8, 4) is 11.1 Å². The highest BCUT2D eigenvalue weighted by molar-refractivity contribution is 5.94. The first-order valence-electron chi connectivity index (χ1n) is 9.19. The van der Waals surface area contributed by atoms with Crippen molar-refractivity contribution in [2.75, 3.05) is 0 Å². The van der Waals surface area contributed by atoms with E-state index in [9.17, 15) is 13.6 Å². The molecule has 1 amide bonds. The van der Waals surface area contributed by atoms with E-state index in [0.717, 1.165) is 29.5 Å². The second kappa shape index (κ2) is 7.52. The van der Waals surface area contributed by atoms with Crippen LogP contribution in [0.5, 0.6) is 0 Å². The number of nitrogens with one attached hydrogen (secondary N) is 1. The molecule has 0 fully saturated rings. The fourth-order valence-corrected chi connectivity index (χ4v) is 3.71. The first kappa shape index (κ1) is 18.3. The molecule has 0 bridgehead atoms. The van der Waals surface area contributed by atoms with Crippen molar-refractivity contribution in [1.82, 2.24) is 5.32 Å². The molecule has 3 nitrogen and oxygen atoms in total. The molecule has 142 valence electrons. The molecule has 0 heterocycles. The number of rotatable bonds is 5. The van der Waals surface area contributed by atoms with Gasteiger partial charge in [0.2, 0.25) is 5.91 Å². The van der Waals surface area contributed by atoms with E-state index in [1.54, 1.807) is 30.3 Å². The lowest BCUT2D eigenvalue weighted by Crippen LogP contribution is -2.29. The number of carbonyl (C=O) groups excluding carboxylic acids is 1. The molecule has 4 rings (SSSR count). The van der Waals surface area contributed by atoms with Crippen LogP contribution in [-0.2, 0) is 19.4 Å². The number of fused-ring (bicyclic) bond motifs is 1. The van der Waals surface area contributed by atoms with E-state index in [1.165, 1.54) is 12.1 Å². The highest BCUT2D eigenvalue weighted by Gasteiger charge is 2.21. The molecule has 3 aromatic carbocycles. The molecule has 3 aromatic rings. The highest BCUT2D eigenvalue weighted by Crippen LogP contribution is 2.25. The van der Waals surface area contributed by atoms with Crippen molar-refractivity contribution in [1.29, 1.82) is 0 Å². The summed E-state index contributed by atoms with van der Waals surface area (Å²) < 4.78 is 27.9. The standard InChI is InChI=1S/C23H20F2N2O/c24-20-7-6-15-10-21(11-19(15)9-20)27-13-18-5-4-16(12-22(18)25)14-2-1-3-17(8-14)23(26)28/h1-9,12,21,27H,10-11,13H2,(H2,26,28)/t21-/m1/s1. The maximum Gasteiger partial charge on any atom is 0.248 e. The smallest absolute Gasteiger partial charge is 0.248 e. The third kappa shape index (κ3) is 3.80. The number of benzene rings is 3. The number of halogens is 2. The summed E-state index contributed by atoms with van der Waals surface area (Å²) in [4.78, 5) is 11.3. The number of hydrogen-bond acceptors (Lipinski definition) is 2. The Hall–Kier alpha value is -3.05. The summed E-state index contributed by atoms with van der Waals surface area (Å²) in [5.41, 5.74) is 9.85. The molecular weight excluding hydrogens is 358 g/mol. The summed E-state index contributed by atoms with van der Waals surface area (Å²) in [6.45, 7) is 0.397. The van der Waals surface area contributed by atoms with Gasteiger partial charge < -0.3 is 11.1 Å². The Morgan fingerprint density at radius 2 is 1.75 bits per heavy atom. The zero-order chi connectivity index (χ0) is 19.7. The third-order valence-corrected chi connectivity index (χ3v) is 5.22. The zero-order valence-electron chi connectivity index (χ0n) is 15.2. The van der Waals surface area contributed by atoms with Crippen LogP contribution in [0.2, 0.25) is 0 Å². The van der Waals surface area contributed by atoms with Crippen LogP contribution >= 0.6 is 0 Å². The van der Waals surface area contributed by atoms with E-state index < -0.39 is 5.91 Å². The summed E-state index contributed by atoms with van der Waals surface area (Å²) in [6, 6.07) is 16.9. The number of amides is 1. The second-order valence-corrected chi connectivity index (χ2v) is 7.15. The predicted octanol–water partition coefficient (Wildman–Crippen LogP) is 3.99. The normalized spacial score (nSPS) is 15.4. The summed E-state index contributed by atoms with van der Waals surface area (Å²) in [6.07, 6.45) is 1.56. The van der Waals surface area contributed by atoms with E-state index in [-0.39, 0.29) is 17.7 Å². The van der Waals surface area contributed by atoms with Crippen molar-refractivity contribution in [2.45, 2.75) is 25.4 Å². The maximum absolute atomic E-state index is 14.6. The lowest BCUT2D eigenvalue weighted by Gasteiger charge is -2.13. The molecule has 28 heavy (non-hydrogen) atoms. The second-order valence-electron chi connectivity index (χ2n) is 7.15. The quantitative estimate of drug-likeness (QED) is 0.705. The van der Waals surface area contributed by atoms with Crippen LogP contribution in [0.3, 0.4) is 0 Å². The van der Waals surface area contributed by atoms with Crippen LogP contribution in [0.15, 0.2) is 60.7 Å². The molecule has 3 N–H and O–H groups in total. The lowest BCUT2D eigenvalue weighted by atomic mass is 10.0. The van der Waals surface area contributed by atoms with Crippen LogP contribution in [0.25, 0.3) is 11.1 Å². The lowest BCUT2D eigenvalue weighted by molar-refractivity contribution is 0.100. The van der Waals surface area contributed by atoms with Gasteiger partial charge in [-0.05, 0) is 65.4 Å². The van der Waals surface area contributed by atoms with Crippen molar-refractivity contribution >= 4 is 5.91 Å². The topological polar surface area (TPSA) is 55.1 Å². The van der Waals surface area contributed by atoms with Gasteiger partial charge in [0.15, 0.2) is 0 Å². The van der Waals surface area contributed by atoms with E-state index in [4.69, 9.17) is 5.73 Å². The predicted molar refractivity (Wildman–Crippen MR) is 105 cm³/mol. The number of nitrogens with two attached hydrogens (primary N) is 1. The molecule has 0 spiro atoms. The minimum Gasteiger partial charge on any atom is -0.366 e. The maximum atomic E-state index is 14.6. The van der Waals surface area contributed by atoms with Gasteiger partial charge in [-0.2, -0.15) is 0 Å². The molecule has 0 saturated carbocycles. The average Bonchev–Trinajstić information content (AvgIpc) is 3.09. The van der Waals surface area contributed by atoms with Crippen molar-refractivity contribution < 1.29 is 13.6 Å². The highest BCUT2D eigenvalue weighted by atomic mass is 19.1. The fraction of sp³-hybridized carbons (Fsp3) is 0.174. The van der Waals surface area contributed by atoms with Crippen LogP contribution in [0.4, 0.5) is 8.78 Å². The first-order chi connectivity index (χ1) is 13.5. The number of primary amides is 1. The minimum atomic E-state index is -0.513. The summed E-state index contributed by atoms with van der Waals surface area (Å²) in [7, 11) is 0. The molecule has 1 aliphatic carbocycles. The summed E-state index contributed by atoms with van der Waals surface area (Å²) >= 11 is 0. The van der Waals surface area contributed by atoms with Crippen LogP contribution in [0, 0.1) is 11.6 Å². The Balaban J connectivity index is 1.44. The molecule has 0 radical (unpaired) electrons. The largest absolute Gasteiger partial charge is 0.366 e. The Morgan fingerprint density at radius 1 is 0.964 bits per heavy atom. The molecule has 5 heteroatoms. The van der Waals surface area contributed by atoms with Gasteiger partial charge in [-0.15, -0.1) is 0 Å². The Labute approximate surface area is 162 Å². The van der Waals surface area contributed by atoms with Gasteiger partial charge in [-0.25, -0.2) is 8.78 Å². The fourth-order valence-electron chi connectivity index (χ4n) is 3.71. The Morgan fingerprint density at radius 3 is 2.54 bits per heavy atom. The molecular formula is C23H20F2N2O. The third-order valence-electron chi connectivity index (χ3n) is 5.22. The monoisotopic (exact) mass is 378 g/mol. The van der Waals surface area contributed by atoms with Gasteiger partial charge in [-0.1, -0.05) is 30.3 Å². The van der Waals surface area contributed by atoms with Gasteiger partial charge >= 0.3 is 0 Å². The molecule has 0 aromatic heterocycles. The van der Waals surface area contributed by atoms with Crippen molar-refractivity contribution in [3.05, 3.63) is 94.6 Å². The molecule has 0 saturated heterocycles. The van der Waals surface area contributed by atoms with E-state index in [2.05, 4.69) is 5.32 Å². The van der Waals surface area contributed by atoms with Gasteiger partial charge in [0.25, 0.3) is 0 Å². The van der Waals surface area contributed by atoms with Crippen molar-refractivity contribution in [3.63, 3.8) is 0 Å². The Bertz CT molecular complexity index is 1050. The average molecular weight is 378 g/mol. The van der Waals surface area contributed by atoms with Gasteiger partial charge in [0.05, 0.1) is 0 Å². The van der Waals surface area contributed by atoms with Gasteiger partial charge in [0, 0.05) is 23.7 Å². The van der Waals surface area contributed by atoms with E-state index in [0.29, 0.717) is 23.2 Å². The zero-order valence-corrected chi connectivity index (χ0v) is 15.2. The number of hydrogen-bond donors (Lipinski definition) is 2. The molecule has 1 atom stereocenters. The van der Waals surface area contributed by atoms with Crippen LogP contribution < -0.4 is 11.1 Å². The van der Waals surface area contributed by atoms with Gasteiger partial charge in [0.1, 0.15) is 11.6 Å². The van der Waals surface area contributed by atoms with Crippen LogP contribution in [0.1, 0.15) is 27.0 Å². The molecule has 1 aliphatic rings. The van der Waals surface area contributed by atoms with Crippen LogP contribution in [-0.4, -0.2) is 11.9 Å². The number of carbonyl (C=O) groups is 1. The first-order valence-corrected chi connectivity index (χ1v) is 9.19. The Kier molecular flexibility index (Phi) is 4.92. The van der Waals surface area contributed by atoms with E-state index >= 15 is 0 Å². The minimum absolute atomic E-state index is 0.170. The summed E-state index contributed by atoms with van der Waals surface area (Å²) in [5, 5.41) is 3.36. The van der Waals surface area contributed by atoms with Gasteiger partial charge in [-0.3, -0.25) is 4.79 Å². The van der Waals surface area contributed by atoms with E-state index in [1.807, 2.05) is 18.2 Å². The summed E-state index contributed by atoms with van der Waals surface area (Å²) in [5.74, 6) is -1.04. The molecule has 0 unspecified atom stereocenters.